The number of esters is 1. The number of aromatic nitrogens is 2. The van der Waals surface area contributed by atoms with Gasteiger partial charge in [-0.3, -0.25) is 0 Å². The standard InChI is InChI=1S/C17H14BrClN2O3/c1-10-6-13(18)11(7-14(10)19)9-24-17(22)12-8-20-21-15(12)4-3-5-16(21)23-2/h3-8H,9H2,1-2H3. The first-order valence-corrected chi connectivity index (χ1v) is 8.30. The van der Waals surface area contributed by atoms with E-state index in [-0.39, 0.29) is 6.61 Å². The van der Waals surface area contributed by atoms with E-state index >= 15 is 0 Å². The van der Waals surface area contributed by atoms with E-state index in [1.165, 1.54) is 6.20 Å². The van der Waals surface area contributed by atoms with Gasteiger partial charge in [0.05, 0.1) is 18.8 Å². The number of halogens is 2. The Morgan fingerprint density at radius 3 is 2.92 bits per heavy atom. The van der Waals surface area contributed by atoms with Crippen LogP contribution in [0.4, 0.5) is 0 Å². The molecule has 0 N–H and O–H groups in total. The Balaban J connectivity index is 1.82. The zero-order valence-electron chi connectivity index (χ0n) is 13.0. The molecule has 0 bridgehead atoms. The number of carbonyl (C=O) groups is 1. The van der Waals surface area contributed by atoms with Crippen LogP contribution in [0.2, 0.25) is 5.02 Å². The molecule has 0 spiro atoms. The molecule has 3 aromatic rings. The topological polar surface area (TPSA) is 52.8 Å². The Labute approximate surface area is 152 Å². The molecule has 0 atom stereocenters. The van der Waals surface area contributed by atoms with E-state index in [0.29, 0.717) is 22.0 Å². The molecule has 0 aliphatic rings. The highest BCUT2D eigenvalue weighted by Gasteiger charge is 2.16. The molecular formula is C17H14BrClN2O3. The van der Waals surface area contributed by atoms with Crippen molar-refractivity contribution in [3.63, 3.8) is 0 Å². The quantitative estimate of drug-likeness (QED) is 0.598. The molecule has 124 valence electrons. The summed E-state index contributed by atoms with van der Waals surface area (Å²) in [5.41, 5.74) is 2.75. The van der Waals surface area contributed by atoms with E-state index in [1.807, 2.05) is 13.0 Å². The van der Waals surface area contributed by atoms with E-state index < -0.39 is 5.97 Å². The Morgan fingerprint density at radius 2 is 2.17 bits per heavy atom. The number of ether oxygens (including phenoxy) is 2. The van der Waals surface area contributed by atoms with Gasteiger partial charge in [0, 0.05) is 21.1 Å². The number of rotatable bonds is 4. The minimum absolute atomic E-state index is 0.112. The van der Waals surface area contributed by atoms with Crippen molar-refractivity contribution in [2.24, 2.45) is 0 Å². The molecular weight excluding hydrogens is 396 g/mol. The predicted octanol–water partition coefficient (Wildman–Crippen LogP) is 4.42. The molecule has 0 saturated carbocycles. The van der Waals surface area contributed by atoms with Crippen molar-refractivity contribution in [3.8, 4) is 5.88 Å². The fourth-order valence-electron chi connectivity index (χ4n) is 2.32. The van der Waals surface area contributed by atoms with Gasteiger partial charge in [-0.25, -0.2) is 9.31 Å². The Morgan fingerprint density at radius 1 is 1.38 bits per heavy atom. The SMILES string of the molecule is COc1cccc2c(C(=O)OCc3cc(Cl)c(C)cc3Br)cnn12. The number of fused-ring (bicyclic) bond motifs is 1. The molecule has 0 aliphatic carbocycles. The lowest BCUT2D eigenvalue weighted by Gasteiger charge is -2.08. The van der Waals surface area contributed by atoms with E-state index in [1.54, 1.807) is 35.9 Å². The van der Waals surface area contributed by atoms with Gasteiger partial charge in [-0.1, -0.05) is 33.6 Å². The Kier molecular flexibility index (Phi) is 4.78. The average molecular weight is 410 g/mol. The summed E-state index contributed by atoms with van der Waals surface area (Å²) in [6.45, 7) is 2.02. The molecule has 0 amide bonds. The molecule has 0 unspecified atom stereocenters. The number of pyridine rings is 1. The summed E-state index contributed by atoms with van der Waals surface area (Å²) in [7, 11) is 1.55. The number of hydrogen-bond acceptors (Lipinski definition) is 4. The maximum absolute atomic E-state index is 12.4. The summed E-state index contributed by atoms with van der Waals surface area (Å²) in [6, 6.07) is 9.02. The van der Waals surface area contributed by atoms with Gasteiger partial charge in [0.15, 0.2) is 0 Å². The average Bonchev–Trinajstić information content (AvgIpc) is 3.00. The largest absolute Gasteiger partial charge is 0.481 e. The lowest BCUT2D eigenvalue weighted by atomic mass is 10.1. The maximum atomic E-state index is 12.4. The summed E-state index contributed by atoms with van der Waals surface area (Å²) in [6.07, 6.45) is 1.47. The summed E-state index contributed by atoms with van der Waals surface area (Å²) >= 11 is 9.58. The fourth-order valence-corrected chi connectivity index (χ4v) is 3.08. The molecule has 0 fully saturated rings. The zero-order chi connectivity index (χ0) is 17.3. The van der Waals surface area contributed by atoms with Gasteiger partial charge in [0.25, 0.3) is 0 Å². The van der Waals surface area contributed by atoms with Crippen LogP contribution in [0.25, 0.3) is 5.52 Å². The number of carbonyl (C=O) groups excluding carboxylic acids is 1. The Hall–Kier alpha value is -2.05. The van der Waals surface area contributed by atoms with Crippen molar-refractivity contribution in [1.29, 1.82) is 0 Å². The molecule has 0 aliphatic heterocycles. The Bertz CT molecular complexity index is 924. The maximum Gasteiger partial charge on any atom is 0.342 e. The second-order valence-corrected chi connectivity index (χ2v) is 6.45. The summed E-state index contributed by atoms with van der Waals surface area (Å²) < 4.78 is 13.0. The van der Waals surface area contributed by atoms with Gasteiger partial charge < -0.3 is 9.47 Å². The molecule has 24 heavy (non-hydrogen) atoms. The fraction of sp³-hybridized carbons (Fsp3) is 0.176. The van der Waals surface area contributed by atoms with Crippen LogP contribution in [0.5, 0.6) is 5.88 Å². The summed E-state index contributed by atoms with van der Waals surface area (Å²) in [4.78, 5) is 12.4. The number of hydrogen-bond donors (Lipinski definition) is 0. The second-order valence-electron chi connectivity index (χ2n) is 5.19. The predicted molar refractivity (Wildman–Crippen MR) is 94.8 cm³/mol. The van der Waals surface area contributed by atoms with Crippen LogP contribution < -0.4 is 4.74 Å². The summed E-state index contributed by atoms with van der Waals surface area (Å²) in [5.74, 6) is 0.0847. The van der Waals surface area contributed by atoms with Gasteiger partial charge in [-0.2, -0.15) is 5.10 Å². The van der Waals surface area contributed by atoms with Crippen LogP contribution in [0.3, 0.4) is 0 Å². The summed E-state index contributed by atoms with van der Waals surface area (Å²) in [5, 5.41) is 4.80. The van der Waals surface area contributed by atoms with Crippen molar-refractivity contribution >= 4 is 39.0 Å². The van der Waals surface area contributed by atoms with Crippen molar-refractivity contribution in [2.75, 3.05) is 7.11 Å². The molecule has 0 saturated heterocycles. The van der Waals surface area contributed by atoms with Crippen molar-refractivity contribution in [3.05, 3.63) is 62.7 Å². The first-order valence-electron chi connectivity index (χ1n) is 7.13. The molecule has 2 heterocycles. The second kappa shape index (κ2) is 6.83. The first kappa shape index (κ1) is 16.8. The van der Waals surface area contributed by atoms with Crippen LogP contribution in [-0.2, 0) is 11.3 Å². The number of nitrogens with zero attached hydrogens (tertiary/aromatic N) is 2. The molecule has 0 radical (unpaired) electrons. The minimum atomic E-state index is -0.457. The number of aryl methyl sites for hydroxylation is 1. The van der Waals surface area contributed by atoms with Crippen LogP contribution in [0.1, 0.15) is 21.5 Å². The molecule has 3 rings (SSSR count). The van der Waals surface area contributed by atoms with Crippen LogP contribution >= 0.6 is 27.5 Å². The van der Waals surface area contributed by atoms with E-state index in [0.717, 1.165) is 15.6 Å². The molecule has 2 aromatic heterocycles. The number of benzene rings is 1. The van der Waals surface area contributed by atoms with E-state index in [4.69, 9.17) is 21.1 Å². The monoisotopic (exact) mass is 408 g/mol. The van der Waals surface area contributed by atoms with Gasteiger partial charge in [-0.05, 0) is 30.7 Å². The van der Waals surface area contributed by atoms with Gasteiger partial charge in [0.2, 0.25) is 5.88 Å². The molecule has 1 aromatic carbocycles. The van der Waals surface area contributed by atoms with Gasteiger partial charge >= 0.3 is 5.97 Å². The highest BCUT2D eigenvalue weighted by atomic mass is 79.9. The number of methoxy groups -OCH3 is 1. The van der Waals surface area contributed by atoms with Crippen molar-refractivity contribution in [1.82, 2.24) is 9.61 Å². The zero-order valence-corrected chi connectivity index (χ0v) is 15.4. The van der Waals surface area contributed by atoms with E-state index in [2.05, 4.69) is 21.0 Å². The normalized spacial score (nSPS) is 10.8. The van der Waals surface area contributed by atoms with Gasteiger partial charge in [0.1, 0.15) is 12.2 Å². The van der Waals surface area contributed by atoms with Crippen LogP contribution in [0.15, 0.2) is 41.0 Å². The third-order valence-electron chi connectivity index (χ3n) is 3.62. The third-order valence-corrected chi connectivity index (χ3v) is 4.77. The first-order chi connectivity index (χ1) is 11.5. The lowest BCUT2D eigenvalue weighted by molar-refractivity contribution is 0.0474. The van der Waals surface area contributed by atoms with Crippen LogP contribution in [0, 0.1) is 6.92 Å². The van der Waals surface area contributed by atoms with Crippen LogP contribution in [-0.4, -0.2) is 22.7 Å². The van der Waals surface area contributed by atoms with Crippen molar-refractivity contribution < 1.29 is 14.3 Å². The molecule has 7 heteroatoms. The highest BCUT2D eigenvalue weighted by molar-refractivity contribution is 9.10. The van der Waals surface area contributed by atoms with Gasteiger partial charge in [-0.15, -0.1) is 0 Å². The lowest BCUT2D eigenvalue weighted by Crippen LogP contribution is -2.06. The van der Waals surface area contributed by atoms with E-state index in [9.17, 15) is 4.79 Å². The molecule has 5 nitrogen and oxygen atoms in total. The van der Waals surface area contributed by atoms with Crippen molar-refractivity contribution in [2.45, 2.75) is 13.5 Å². The minimum Gasteiger partial charge on any atom is -0.481 e. The smallest absolute Gasteiger partial charge is 0.342 e. The highest BCUT2D eigenvalue weighted by Crippen LogP contribution is 2.26. The third kappa shape index (κ3) is 3.12.